The molecule has 1 atom stereocenters. The van der Waals surface area contributed by atoms with Gasteiger partial charge in [-0.05, 0) is 95.6 Å². The number of benzene rings is 1. The molecule has 2 N–H and O–H groups in total. The summed E-state index contributed by atoms with van der Waals surface area (Å²) in [6.07, 6.45) is 3.18. The fraction of sp³-hybridized carbons (Fsp3) is 0.632. The number of anilines is 1. The second-order valence-corrected chi connectivity index (χ2v) is 7.63. The van der Waals surface area contributed by atoms with Crippen molar-refractivity contribution in [3.05, 3.63) is 28.8 Å². The van der Waals surface area contributed by atoms with Crippen LogP contribution in [0.25, 0.3) is 0 Å². The summed E-state index contributed by atoms with van der Waals surface area (Å²) in [6.45, 7) is 12.0. The number of rotatable bonds is 3. The molecule has 1 aromatic carbocycles. The smallest absolute Gasteiger partial charge is 0.412 e. The zero-order valence-corrected chi connectivity index (χ0v) is 15.1. The Hall–Kier alpha value is -1.55. The van der Waals surface area contributed by atoms with Crippen LogP contribution in [0.5, 0.6) is 0 Å². The number of carbonyl (C=O) groups is 1. The monoisotopic (exact) mass is 318 g/mol. The average molecular weight is 318 g/mol. The van der Waals surface area contributed by atoms with Gasteiger partial charge in [0.15, 0.2) is 0 Å². The molecule has 1 unspecified atom stereocenters. The molecule has 2 rings (SSSR count). The van der Waals surface area contributed by atoms with Gasteiger partial charge in [-0.2, -0.15) is 0 Å². The number of hydrogen-bond acceptors (Lipinski definition) is 3. The van der Waals surface area contributed by atoms with E-state index in [0.717, 1.165) is 30.8 Å². The molecule has 1 aliphatic rings. The summed E-state index contributed by atoms with van der Waals surface area (Å²) in [5.74, 6) is 0.681. The van der Waals surface area contributed by atoms with E-state index >= 15 is 0 Å². The first kappa shape index (κ1) is 17.8. The van der Waals surface area contributed by atoms with Crippen LogP contribution in [-0.4, -0.2) is 24.8 Å². The Balaban J connectivity index is 2.10. The summed E-state index contributed by atoms with van der Waals surface area (Å²) in [5, 5.41) is 6.37. The molecule has 0 saturated carbocycles. The van der Waals surface area contributed by atoms with Crippen molar-refractivity contribution < 1.29 is 9.53 Å². The SMILES string of the molecule is Cc1cc(CC2CCCNC2)cc(NC(=O)OC(C)(C)C)c1C. The normalized spacial score (nSPS) is 18.6. The second-order valence-electron chi connectivity index (χ2n) is 7.63. The molecule has 1 amide bonds. The molecule has 1 heterocycles. The molecule has 1 aliphatic heterocycles. The highest BCUT2D eigenvalue weighted by atomic mass is 16.6. The Morgan fingerprint density at radius 3 is 2.70 bits per heavy atom. The van der Waals surface area contributed by atoms with Crippen molar-refractivity contribution in [1.29, 1.82) is 0 Å². The highest BCUT2D eigenvalue weighted by Gasteiger charge is 2.18. The van der Waals surface area contributed by atoms with Crippen LogP contribution in [0.15, 0.2) is 12.1 Å². The lowest BCUT2D eigenvalue weighted by Gasteiger charge is -2.24. The molecule has 4 nitrogen and oxygen atoms in total. The zero-order chi connectivity index (χ0) is 17.0. The predicted octanol–water partition coefficient (Wildman–Crippen LogP) is 4.19. The zero-order valence-electron chi connectivity index (χ0n) is 15.1. The van der Waals surface area contributed by atoms with E-state index in [1.807, 2.05) is 27.7 Å². The summed E-state index contributed by atoms with van der Waals surface area (Å²) in [7, 11) is 0. The first-order valence-electron chi connectivity index (χ1n) is 8.55. The Kier molecular flexibility index (Phi) is 5.69. The Bertz CT molecular complexity index is 555. The molecule has 23 heavy (non-hydrogen) atoms. The molecule has 0 bridgehead atoms. The van der Waals surface area contributed by atoms with Crippen LogP contribution in [0.3, 0.4) is 0 Å². The van der Waals surface area contributed by atoms with Crippen molar-refractivity contribution in [3.63, 3.8) is 0 Å². The van der Waals surface area contributed by atoms with E-state index in [-0.39, 0.29) is 0 Å². The number of amides is 1. The first-order chi connectivity index (χ1) is 10.7. The minimum absolute atomic E-state index is 0.392. The third-order valence-corrected chi connectivity index (χ3v) is 4.29. The molecular formula is C19H30N2O2. The van der Waals surface area contributed by atoms with Gasteiger partial charge in [0.05, 0.1) is 0 Å². The van der Waals surface area contributed by atoms with Gasteiger partial charge < -0.3 is 10.1 Å². The van der Waals surface area contributed by atoms with Gasteiger partial charge in [0.1, 0.15) is 5.60 Å². The Labute approximate surface area is 140 Å². The lowest BCUT2D eigenvalue weighted by Crippen LogP contribution is -2.31. The number of carbonyl (C=O) groups excluding carboxylic acids is 1. The topological polar surface area (TPSA) is 50.4 Å². The van der Waals surface area contributed by atoms with Crippen LogP contribution in [0.2, 0.25) is 0 Å². The molecule has 0 aliphatic carbocycles. The molecule has 1 fully saturated rings. The van der Waals surface area contributed by atoms with Gasteiger partial charge >= 0.3 is 6.09 Å². The van der Waals surface area contributed by atoms with E-state index in [9.17, 15) is 4.79 Å². The fourth-order valence-corrected chi connectivity index (χ4v) is 3.03. The third-order valence-electron chi connectivity index (χ3n) is 4.29. The standard InChI is InChI=1S/C19H30N2O2/c1-13-9-16(10-15-7-6-8-20-12-15)11-17(14(13)2)21-18(22)23-19(3,4)5/h9,11,15,20H,6-8,10,12H2,1-5H3,(H,21,22). The maximum Gasteiger partial charge on any atom is 0.412 e. The van der Waals surface area contributed by atoms with Gasteiger partial charge in [0.2, 0.25) is 0 Å². The van der Waals surface area contributed by atoms with E-state index in [1.165, 1.54) is 24.0 Å². The number of aryl methyl sites for hydroxylation is 1. The van der Waals surface area contributed by atoms with Crippen molar-refractivity contribution in [3.8, 4) is 0 Å². The predicted molar refractivity (Wildman–Crippen MR) is 95.1 cm³/mol. The minimum Gasteiger partial charge on any atom is -0.444 e. The van der Waals surface area contributed by atoms with Crippen LogP contribution in [0.1, 0.15) is 50.3 Å². The van der Waals surface area contributed by atoms with E-state index in [4.69, 9.17) is 4.74 Å². The van der Waals surface area contributed by atoms with Crippen molar-refractivity contribution in [1.82, 2.24) is 5.32 Å². The summed E-state index contributed by atoms with van der Waals surface area (Å²) < 4.78 is 5.37. The van der Waals surface area contributed by atoms with Gasteiger partial charge in [-0.1, -0.05) is 6.07 Å². The van der Waals surface area contributed by atoms with Crippen LogP contribution >= 0.6 is 0 Å². The van der Waals surface area contributed by atoms with Crippen LogP contribution in [0, 0.1) is 19.8 Å². The van der Waals surface area contributed by atoms with Crippen molar-refractivity contribution in [2.24, 2.45) is 5.92 Å². The molecule has 1 aromatic rings. The summed E-state index contributed by atoms with van der Waals surface area (Å²) in [4.78, 5) is 12.0. The highest BCUT2D eigenvalue weighted by Crippen LogP contribution is 2.25. The highest BCUT2D eigenvalue weighted by molar-refractivity contribution is 5.86. The summed E-state index contributed by atoms with van der Waals surface area (Å²) >= 11 is 0. The quantitative estimate of drug-likeness (QED) is 0.878. The molecule has 1 saturated heterocycles. The fourth-order valence-electron chi connectivity index (χ4n) is 3.03. The average Bonchev–Trinajstić information content (AvgIpc) is 2.43. The van der Waals surface area contributed by atoms with Gasteiger partial charge in [-0.3, -0.25) is 5.32 Å². The minimum atomic E-state index is -0.488. The Morgan fingerprint density at radius 1 is 1.35 bits per heavy atom. The molecule has 0 radical (unpaired) electrons. The van der Waals surface area contributed by atoms with E-state index in [0.29, 0.717) is 5.92 Å². The third kappa shape index (κ3) is 5.54. The van der Waals surface area contributed by atoms with Gasteiger partial charge in [0.25, 0.3) is 0 Å². The van der Waals surface area contributed by atoms with Gasteiger partial charge in [0, 0.05) is 5.69 Å². The first-order valence-corrected chi connectivity index (χ1v) is 8.55. The summed E-state index contributed by atoms with van der Waals surface area (Å²) in [5.41, 5.74) is 3.96. The molecule has 0 spiro atoms. The van der Waals surface area contributed by atoms with E-state index in [1.54, 1.807) is 0 Å². The van der Waals surface area contributed by atoms with Crippen molar-refractivity contribution in [2.75, 3.05) is 18.4 Å². The Morgan fingerprint density at radius 2 is 2.09 bits per heavy atom. The number of hydrogen-bond donors (Lipinski definition) is 2. The molecular weight excluding hydrogens is 288 g/mol. The second kappa shape index (κ2) is 7.35. The lowest BCUT2D eigenvalue weighted by molar-refractivity contribution is 0.0636. The number of ether oxygens (including phenoxy) is 1. The van der Waals surface area contributed by atoms with Gasteiger partial charge in [-0.25, -0.2) is 4.79 Å². The van der Waals surface area contributed by atoms with Crippen LogP contribution < -0.4 is 10.6 Å². The van der Waals surface area contributed by atoms with Crippen molar-refractivity contribution in [2.45, 2.75) is 59.5 Å². The molecule has 128 valence electrons. The molecule has 0 aromatic heterocycles. The maximum atomic E-state index is 12.0. The van der Waals surface area contributed by atoms with E-state index in [2.05, 4.69) is 29.7 Å². The van der Waals surface area contributed by atoms with E-state index < -0.39 is 11.7 Å². The van der Waals surface area contributed by atoms with Crippen LogP contribution in [0.4, 0.5) is 10.5 Å². The maximum absolute atomic E-state index is 12.0. The number of piperidine rings is 1. The lowest BCUT2D eigenvalue weighted by atomic mass is 9.90. The molecule has 4 heteroatoms. The largest absolute Gasteiger partial charge is 0.444 e. The summed E-state index contributed by atoms with van der Waals surface area (Å²) in [6, 6.07) is 4.34. The number of nitrogens with one attached hydrogen (secondary N) is 2. The van der Waals surface area contributed by atoms with Gasteiger partial charge in [-0.15, -0.1) is 0 Å². The van der Waals surface area contributed by atoms with Crippen LogP contribution in [-0.2, 0) is 11.2 Å². The van der Waals surface area contributed by atoms with Crippen molar-refractivity contribution >= 4 is 11.8 Å².